The molecule has 1 aromatic carbocycles. The van der Waals surface area contributed by atoms with Crippen LogP contribution in [0.3, 0.4) is 0 Å². The van der Waals surface area contributed by atoms with Crippen molar-refractivity contribution in [3.8, 4) is 0 Å². The molecule has 0 aromatic heterocycles. The van der Waals surface area contributed by atoms with Gasteiger partial charge in [0.25, 0.3) is 0 Å². The quantitative estimate of drug-likeness (QED) is 0.575. The van der Waals surface area contributed by atoms with E-state index in [1.807, 2.05) is 0 Å². The minimum Gasteiger partial charge on any atom is -0.387 e. The minimum absolute atomic E-state index is 0.0671. The number of nitrogens with two attached hydrogens (primary N) is 2. The average molecular weight is 210 g/mol. The van der Waals surface area contributed by atoms with Gasteiger partial charge in [-0.3, -0.25) is 4.99 Å². The SMILES string of the molecule is [2H]c1cc([2H])c([2H])c(CC([2H])([2H])N=C(N)N=C(C)N)c1[2H]. The summed E-state index contributed by atoms with van der Waals surface area (Å²) in [6, 6.07) is -0.00727. The Morgan fingerprint density at radius 2 is 2.13 bits per heavy atom. The largest absolute Gasteiger partial charge is 0.387 e. The molecule has 0 heterocycles. The van der Waals surface area contributed by atoms with Crippen molar-refractivity contribution in [1.29, 1.82) is 0 Å². The Hall–Kier alpha value is -1.84. The maximum atomic E-state index is 7.77. The molecule has 0 spiro atoms. The number of aliphatic imine (C=N–C) groups is 2. The number of hydrogen-bond donors (Lipinski definition) is 2. The van der Waals surface area contributed by atoms with Gasteiger partial charge < -0.3 is 11.5 Å². The highest BCUT2D eigenvalue weighted by Crippen LogP contribution is 1.99. The Labute approximate surface area is 98.2 Å². The number of guanidine groups is 1. The molecule has 0 aliphatic heterocycles. The van der Waals surface area contributed by atoms with Gasteiger partial charge >= 0.3 is 0 Å². The molecule has 15 heavy (non-hydrogen) atoms. The first kappa shape index (κ1) is 5.30. The van der Waals surface area contributed by atoms with E-state index in [0.717, 1.165) is 6.07 Å². The maximum Gasteiger partial charge on any atom is 0.216 e. The van der Waals surface area contributed by atoms with Crippen molar-refractivity contribution in [3.05, 3.63) is 35.8 Å². The van der Waals surface area contributed by atoms with E-state index in [2.05, 4.69) is 9.98 Å². The first-order valence-electron chi connectivity index (χ1n) is 7.26. The molecule has 0 radical (unpaired) electrons. The van der Waals surface area contributed by atoms with E-state index in [0.29, 0.717) is 0 Å². The summed E-state index contributed by atoms with van der Waals surface area (Å²) in [4.78, 5) is 7.16. The molecule has 0 aliphatic carbocycles. The molecule has 0 saturated carbocycles. The Morgan fingerprint density at radius 3 is 2.73 bits per heavy atom. The number of benzene rings is 1. The fourth-order valence-corrected chi connectivity index (χ4v) is 0.807. The second-order valence-corrected chi connectivity index (χ2v) is 2.72. The molecule has 1 rings (SSSR count). The van der Waals surface area contributed by atoms with Gasteiger partial charge in [0.1, 0.15) is 0 Å². The topological polar surface area (TPSA) is 76.8 Å². The smallest absolute Gasteiger partial charge is 0.216 e. The highest BCUT2D eigenvalue weighted by atomic mass is 15.1. The van der Waals surface area contributed by atoms with Crippen molar-refractivity contribution in [2.45, 2.75) is 13.3 Å². The summed E-state index contributed by atoms with van der Waals surface area (Å²) in [7, 11) is 0. The van der Waals surface area contributed by atoms with Crippen LogP contribution in [0.15, 0.2) is 40.2 Å². The monoisotopic (exact) mass is 210 g/mol. The van der Waals surface area contributed by atoms with Crippen LogP contribution in [0.25, 0.3) is 0 Å². The number of hydrogen-bond acceptors (Lipinski definition) is 1. The van der Waals surface area contributed by atoms with E-state index in [1.54, 1.807) is 0 Å². The highest BCUT2D eigenvalue weighted by molar-refractivity contribution is 5.93. The van der Waals surface area contributed by atoms with Crippen molar-refractivity contribution in [2.24, 2.45) is 21.5 Å². The van der Waals surface area contributed by atoms with Crippen LogP contribution in [0.1, 0.15) is 20.7 Å². The molecule has 4 nitrogen and oxygen atoms in total. The summed E-state index contributed by atoms with van der Waals surface area (Å²) in [5.41, 5.74) is 10.7. The van der Waals surface area contributed by atoms with Crippen LogP contribution < -0.4 is 11.5 Å². The van der Waals surface area contributed by atoms with E-state index in [1.165, 1.54) is 6.92 Å². The molecular weight excluding hydrogens is 188 g/mol. The van der Waals surface area contributed by atoms with Gasteiger partial charge in [-0.15, -0.1) is 0 Å². The predicted octanol–water partition coefficient (Wildman–Crippen LogP) is 0.921. The summed E-state index contributed by atoms with van der Waals surface area (Å²) in [6.07, 6.45) is -0.455. The molecule has 80 valence electrons. The molecule has 4 N–H and O–H groups in total. The fourth-order valence-electron chi connectivity index (χ4n) is 0.807. The molecule has 0 fully saturated rings. The number of amidine groups is 1. The van der Waals surface area contributed by atoms with Gasteiger partial charge in [-0.2, -0.15) is 0 Å². The summed E-state index contributed by atoms with van der Waals surface area (Å²) >= 11 is 0. The van der Waals surface area contributed by atoms with Crippen molar-refractivity contribution in [1.82, 2.24) is 0 Å². The van der Waals surface area contributed by atoms with Crippen LogP contribution in [0.2, 0.25) is 0 Å². The van der Waals surface area contributed by atoms with Crippen LogP contribution in [0.5, 0.6) is 0 Å². The van der Waals surface area contributed by atoms with Gasteiger partial charge in [-0.25, -0.2) is 4.99 Å². The second kappa shape index (κ2) is 5.80. The van der Waals surface area contributed by atoms with Crippen LogP contribution in [0, 0.1) is 0 Å². The summed E-state index contributed by atoms with van der Waals surface area (Å²) in [5.74, 6) is -0.234. The van der Waals surface area contributed by atoms with Gasteiger partial charge in [0.05, 0.1) is 14.1 Å². The first-order chi connectivity index (χ1) is 9.53. The number of rotatable bonds is 3. The second-order valence-electron chi connectivity index (χ2n) is 2.72. The van der Waals surface area contributed by atoms with Crippen molar-refractivity contribution < 1.29 is 8.22 Å². The third-order valence-electron chi connectivity index (χ3n) is 1.33. The zero-order valence-electron chi connectivity index (χ0n) is 14.3. The predicted molar refractivity (Wildman–Crippen MR) is 63.9 cm³/mol. The zero-order chi connectivity index (χ0) is 16.4. The standard InChI is InChI=1S/C11H16N4/c1-9(12)15-11(13)14-8-7-10-5-3-2-4-6-10/h2-6H,7-8H2,1H3,(H4,12,13,14,15)/i3D,4D,5D,6D,8D2. The van der Waals surface area contributed by atoms with Gasteiger partial charge in [0.15, 0.2) is 0 Å². The molecule has 0 saturated heterocycles. The minimum atomic E-state index is -2.23. The molecule has 0 aliphatic rings. The van der Waals surface area contributed by atoms with Gasteiger partial charge in [0, 0.05) is 6.50 Å². The summed E-state index contributed by atoms with van der Waals surface area (Å²) in [5, 5.41) is 0. The third-order valence-corrected chi connectivity index (χ3v) is 1.33. The van der Waals surface area contributed by atoms with Crippen LogP contribution in [0.4, 0.5) is 0 Å². The maximum absolute atomic E-state index is 7.77. The Kier molecular flexibility index (Phi) is 2.05. The van der Waals surface area contributed by atoms with Crippen LogP contribution in [-0.2, 0) is 6.42 Å². The van der Waals surface area contributed by atoms with Gasteiger partial charge in [0.2, 0.25) is 5.96 Å². The first-order valence-corrected chi connectivity index (χ1v) is 4.26. The molecule has 0 atom stereocenters. The average Bonchev–Trinajstić information content (AvgIpc) is 2.30. The Bertz CT molecular complexity index is 581. The van der Waals surface area contributed by atoms with E-state index >= 15 is 0 Å². The highest BCUT2D eigenvalue weighted by Gasteiger charge is 1.91. The molecule has 0 unspecified atom stereocenters. The van der Waals surface area contributed by atoms with Crippen molar-refractivity contribution in [3.63, 3.8) is 0 Å². The number of nitrogens with zero attached hydrogens (tertiary/aromatic N) is 2. The lowest BCUT2D eigenvalue weighted by Gasteiger charge is -1.97. The van der Waals surface area contributed by atoms with Gasteiger partial charge in [-0.05, 0) is 18.9 Å². The van der Waals surface area contributed by atoms with E-state index in [4.69, 9.17) is 19.7 Å². The van der Waals surface area contributed by atoms with E-state index in [9.17, 15) is 0 Å². The van der Waals surface area contributed by atoms with E-state index in [-0.39, 0.29) is 41.5 Å². The van der Waals surface area contributed by atoms with Crippen LogP contribution >= 0.6 is 0 Å². The lowest BCUT2D eigenvalue weighted by atomic mass is 10.2. The molecule has 1 aromatic rings. The summed E-state index contributed by atoms with van der Waals surface area (Å²) < 4.78 is 46.0. The lowest BCUT2D eigenvalue weighted by molar-refractivity contribution is 0.962. The Balaban J connectivity index is 3.19. The Morgan fingerprint density at radius 1 is 1.47 bits per heavy atom. The summed E-state index contributed by atoms with van der Waals surface area (Å²) in [6.45, 7) is -0.757. The van der Waals surface area contributed by atoms with Crippen molar-refractivity contribution >= 4 is 11.8 Å². The van der Waals surface area contributed by atoms with Crippen LogP contribution in [-0.4, -0.2) is 18.3 Å². The molecule has 0 amide bonds. The van der Waals surface area contributed by atoms with Gasteiger partial charge in [-0.1, -0.05) is 30.2 Å². The fraction of sp³-hybridized carbons (Fsp3) is 0.273. The normalized spacial score (nSPS) is 19.5. The zero-order valence-corrected chi connectivity index (χ0v) is 8.33. The van der Waals surface area contributed by atoms with Crippen molar-refractivity contribution in [2.75, 3.05) is 6.50 Å². The molecule has 0 bridgehead atoms. The lowest BCUT2D eigenvalue weighted by Crippen LogP contribution is -2.16. The molecular formula is C11H16N4. The molecule has 4 heteroatoms. The van der Waals surface area contributed by atoms with E-state index < -0.39 is 12.9 Å². The third kappa shape index (κ3) is 4.81.